The lowest BCUT2D eigenvalue weighted by Gasteiger charge is -2.16. The summed E-state index contributed by atoms with van der Waals surface area (Å²) in [7, 11) is 0. The van der Waals surface area contributed by atoms with Crippen LogP contribution in [0, 0.1) is 0 Å². The Morgan fingerprint density at radius 2 is 1.81 bits per heavy atom. The minimum absolute atomic E-state index is 0.169. The Bertz CT molecular complexity index is 1060. The Morgan fingerprint density at radius 3 is 2.42 bits per heavy atom. The Kier molecular flexibility index (Phi) is 7.81. The van der Waals surface area contributed by atoms with Crippen LogP contribution in [0.25, 0.3) is 6.08 Å². The minimum Gasteiger partial charge on any atom is -0.490 e. The highest BCUT2D eigenvalue weighted by Gasteiger charge is 2.36. The molecular weight excluding hydrogens is 481 g/mol. The molecule has 0 unspecified atom stereocenters. The van der Waals surface area contributed by atoms with E-state index in [1.165, 1.54) is 4.90 Å². The number of halogens is 3. The quantitative estimate of drug-likeness (QED) is 0.381. The molecule has 0 bridgehead atoms. The number of thioether (sulfide) groups is 1. The monoisotopic (exact) mass is 499 g/mol. The average Bonchev–Trinajstić information content (AvgIpc) is 2.96. The summed E-state index contributed by atoms with van der Waals surface area (Å²) in [6, 6.07) is 8.31. The maximum absolute atomic E-state index is 12.5. The molecule has 31 heavy (non-hydrogen) atoms. The zero-order valence-corrected chi connectivity index (χ0v) is 20.2. The number of benzene rings is 2. The normalized spacial score (nSPS) is 15.3. The van der Waals surface area contributed by atoms with Crippen LogP contribution in [0.15, 0.2) is 35.2 Å². The van der Waals surface area contributed by atoms with Gasteiger partial charge < -0.3 is 9.47 Å². The number of imide groups is 1. The highest BCUT2D eigenvalue weighted by atomic mass is 35.5. The molecule has 1 saturated heterocycles. The molecule has 0 saturated carbocycles. The maximum atomic E-state index is 12.5. The zero-order chi connectivity index (χ0) is 22.7. The summed E-state index contributed by atoms with van der Waals surface area (Å²) < 4.78 is 11.6. The van der Waals surface area contributed by atoms with E-state index in [2.05, 4.69) is 0 Å². The lowest BCUT2D eigenvalue weighted by Crippen LogP contribution is -2.34. The van der Waals surface area contributed by atoms with Gasteiger partial charge >= 0.3 is 0 Å². The van der Waals surface area contributed by atoms with Gasteiger partial charge in [0.25, 0.3) is 11.1 Å². The number of hydrogen-bond acceptors (Lipinski definition) is 5. The molecule has 164 valence electrons. The highest BCUT2D eigenvalue weighted by molar-refractivity contribution is 8.18. The van der Waals surface area contributed by atoms with Gasteiger partial charge in [-0.1, -0.05) is 40.9 Å². The molecule has 0 N–H and O–H groups in total. The van der Waals surface area contributed by atoms with Crippen molar-refractivity contribution in [3.05, 3.63) is 61.4 Å². The third kappa shape index (κ3) is 5.50. The molecule has 1 heterocycles. The molecule has 0 spiro atoms. The van der Waals surface area contributed by atoms with E-state index < -0.39 is 0 Å². The third-order valence-electron chi connectivity index (χ3n) is 4.36. The number of amides is 2. The molecule has 5 nitrogen and oxygen atoms in total. The summed E-state index contributed by atoms with van der Waals surface area (Å²) in [5.74, 6) is 0.466. The first kappa shape index (κ1) is 23.8. The summed E-state index contributed by atoms with van der Waals surface area (Å²) in [6.45, 7) is 5.99. The van der Waals surface area contributed by atoms with E-state index >= 15 is 0 Å². The van der Waals surface area contributed by atoms with Crippen molar-refractivity contribution >= 4 is 63.8 Å². The fourth-order valence-corrected chi connectivity index (χ4v) is 4.64. The van der Waals surface area contributed by atoms with Crippen LogP contribution < -0.4 is 9.47 Å². The number of nitrogens with zero attached hydrogens (tertiary/aromatic N) is 1. The lowest BCUT2D eigenvalue weighted by molar-refractivity contribution is -0.123. The van der Waals surface area contributed by atoms with Gasteiger partial charge in [0.15, 0.2) is 11.5 Å². The minimum atomic E-state index is -0.322. The number of ether oxygens (including phenoxy) is 2. The predicted octanol–water partition coefficient (Wildman–Crippen LogP) is 7.07. The van der Waals surface area contributed by atoms with Crippen LogP contribution >= 0.6 is 46.6 Å². The van der Waals surface area contributed by atoms with Crippen molar-refractivity contribution in [1.82, 2.24) is 4.90 Å². The smallest absolute Gasteiger partial charge is 0.293 e. The molecule has 3 rings (SSSR count). The van der Waals surface area contributed by atoms with Crippen LogP contribution in [0.5, 0.6) is 11.5 Å². The fraction of sp³-hybridized carbons (Fsp3) is 0.273. The Labute approximate surface area is 200 Å². The van der Waals surface area contributed by atoms with Gasteiger partial charge in [-0.15, -0.1) is 0 Å². The van der Waals surface area contributed by atoms with Crippen molar-refractivity contribution in [2.24, 2.45) is 0 Å². The number of carbonyl (C=O) groups excluding carboxylic acids is 2. The predicted molar refractivity (Wildman–Crippen MR) is 126 cm³/mol. The molecule has 1 aliphatic rings. The molecular formula is C22H20Cl3NO4S. The number of rotatable bonds is 7. The van der Waals surface area contributed by atoms with Gasteiger partial charge in [0, 0.05) is 21.7 Å². The second-order valence-corrected chi connectivity index (χ2v) is 9.18. The zero-order valence-electron chi connectivity index (χ0n) is 17.1. The van der Waals surface area contributed by atoms with Crippen LogP contribution in [-0.2, 0) is 11.4 Å². The molecule has 2 aromatic carbocycles. The molecule has 2 aromatic rings. The van der Waals surface area contributed by atoms with Crippen LogP contribution in [0.1, 0.15) is 31.9 Å². The maximum Gasteiger partial charge on any atom is 0.293 e. The van der Waals surface area contributed by atoms with Crippen molar-refractivity contribution in [1.29, 1.82) is 0 Å². The van der Waals surface area contributed by atoms with Gasteiger partial charge in [-0.2, -0.15) is 0 Å². The summed E-state index contributed by atoms with van der Waals surface area (Å²) in [6.07, 6.45) is 1.63. The van der Waals surface area contributed by atoms with Crippen molar-refractivity contribution in [3.63, 3.8) is 0 Å². The van der Waals surface area contributed by atoms with Crippen LogP contribution in [-0.4, -0.2) is 28.7 Å². The number of hydrogen-bond donors (Lipinski definition) is 0. The van der Waals surface area contributed by atoms with E-state index in [4.69, 9.17) is 44.3 Å². The highest BCUT2D eigenvalue weighted by Crippen LogP contribution is 2.40. The van der Waals surface area contributed by atoms with E-state index in [1.807, 2.05) is 6.92 Å². The largest absolute Gasteiger partial charge is 0.490 e. The lowest BCUT2D eigenvalue weighted by atomic mass is 10.1. The molecule has 1 aliphatic heterocycles. The van der Waals surface area contributed by atoms with Gasteiger partial charge in [0.1, 0.15) is 6.61 Å². The van der Waals surface area contributed by atoms with Crippen LogP contribution in [0.4, 0.5) is 4.79 Å². The first-order valence-corrected chi connectivity index (χ1v) is 11.5. The van der Waals surface area contributed by atoms with Crippen molar-refractivity contribution < 1.29 is 19.1 Å². The topological polar surface area (TPSA) is 55.8 Å². The molecule has 0 aliphatic carbocycles. The number of carbonyl (C=O) groups is 2. The second-order valence-electron chi connectivity index (χ2n) is 6.93. The molecule has 9 heteroatoms. The molecule has 0 radical (unpaired) electrons. The van der Waals surface area contributed by atoms with E-state index in [0.29, 0.717) is 43.6 Å². The molecule has 0 aromatic heterocycles. The summed E-state index contributed by atoms with van der Waals surface area (Å²) in [5, 5.41) is 1.04. The molecule has 2 amide bonds. The van der Waals surface area contributed by atoms with Crippen LogP contribution in [0.2, 0.25) is 15.1 Å². The summed E-state index contributed by atoms with van der Waals surface area (Å²) >= 11 is 19.5. The van der Waals surface area contributed by atoms with E-state index in [0.717, 1.165) is 17.3 Å². The Hall–Kier alpha value is -1.86. The van der Waals surface area contributed by atoms with Gasteiger partial charge in [-0.25, -0.2) is 0 Å². The SMILES string of the molecule is CCOc1cc(/C=C2/SC(=O)N(C(C)C)C2=O)cc(Cl)c1OCc1ccc(Cl)cc1Cl. The first-order chi connectivity index (χ1) is 14.7. The van der Waals surface area contributed by atoms with Crippen molar-refractivity contribution in [2.75, 3.05) is 6.61 Å². The molecule has 1 fully saturated rings. The second kappa shape index (κ2) is 10.2. The summed E-state index contributed by atoms with van der Waals surface area (Å²) in [4.78, 5) is 26.2. The van der Waals surface area contributed by atoms with Gasteiger partial charge in [-0.05, 0) is 68.4 Å². The Morgan fingerprint density at radius 1 is 1.06 bits per heavy atom. The van der Waals surface area contributed by atoms with Crippen molar-refractivity contribution in [3.8, 4) is 11.5 Å². The van der Waals surface area contributed by atoms with E-state index in [-0.39, 0.29) is 23.8 Å². The standard InChI is InChI=1S/C22H20Cl3NO4S/c1-4-29-18-8-13(9-19-21(27)26(12(2)3)22(28)31-19)7-17(25)20(18)30-11-14-5-6-15(23)10-16(14)24/h5-10,12H,4,11H2,1-3H3/b19-9+. The average molecular weight is 501 g/mol. The van der Waals surface area contributed by atoms with Gasteiger partial charge in [0.05, 0.1) is 16.5 Å². The fourth-order valence-electron chi connectivity index (χ4n) is 2.94. The third-order valence-corrected chi connectivity index (χ3v) is 6.11. The van der Waals surface area contributed by atoms with E-state index in [9.17, 15) is 9.59 Å². The molecule has 0 atom stereocenters. The first-order valence-electron chi connectivity index (χ1n) is 9.51. The van der Waals surface area contributed by atoms with Gasteiger partial charge in [0.2, 0.25) is 0 Å². The Balaban J connectivity index is 1.88. The van der Waals surface area contributed by atoms with E-state index in [1.54, 1.807) is 50.3 Å². The van der Waals surface area contributed by atoms with Crippen LogP contribution in [0.3, 0.4) is 0 Å². The summed E-state index contributed by atoms with van der Waals surface area (Å²) in [5.41, 5.74) is 1.37. The van der Waals surface area contributed by atoms with Crippen molar-refractivity contribution in [2.45, 2.75) is 33.4 Å². The van der Waals surface area contributed by atoms with Gasteiger partial charge in [-0.3, -0.25) is 14.5 Å².